The number of pyridine rings is 3. The van der Waals surface area contributed by atoms with Crippen molar-refractivity contribution in [1.29, 1.82) is 0 Å². The van der Waals surface area contributed by atoms with Crippen molar-refractivity contribution in [2.24, 2.45) is 16.2 Å². The molecule has 0 aliphatic rings. The van der Waals surface area contributed by atoms with E-state index in [0.717, 1.165) is 17.1 Å². The van der Waals surface area contributed by atoms with Gasteiger partial charge in [-0.3, -0.25) is 19.3 Å². The zero-order chi connectivity index (χ0) is 29.9. The molecule has 0 fully saturated rings. The van der Waals surface area contributed by atoms with Crippen LogP contribution in [-0.4, -0.2) is 37.2 Å². The monoisotopic (exact) mass is 542 g/mol. The molecule has 3 heterocycles. The fourth-order valence-electron chi connectivity index (χ4n) is 4.09. The molecule has 212 valence electrons. The van der Waals surface area contributed by atoms with Crippen molar-refractivity contribution in [2.75, 3.05) is 0 Å². The molecule has 0 aromatic carbocycles. The highest BCUT2D eigenvalue weighted by molar-refractivity contribution is 5.99. The van der Waals surface area contributed by atoms with E-state index in [4.69, 9.17) is 0 Å². The van der Waals surface area contributed by atoms with Gasteiger partial charge >= 0.3 is 0 Å². The number of carbonyl (C=O) groups is 3. The number of nitrogens with zero attached hydrogens (tertiary/aromatic N) is 4. The molecule has 0 aliphatic heterocycles. The van der Waals surface area contributed by atoms with Crippen LogP contribution in [0.15, 0.2) is 54.6 Å². The van der Waals surface area contributed by atoms with Gasteiger partial charge in [0, 0.05) is 35.9 Å². The minimum Gasteiger partial charge on any atom is -0.292 e. The summed E-state index contributed by atoms with van der Waals surface area (Å²) in [5, 5.41) is 0. The molecular formula is C33H42N4O3. The number of rotatable bonds is 9. The predicted octanol–water partition coefficient (Wildman–Crippen LogP) is 6.76. The smallest absolute Gasteiger partial charge is 0.186 e. The Hall–Kier alpha value is -3.58. The summed E-state index contributed by atoms with van der Waals surface area (Å²) in [7, 11) is 0. The van der Waals surface area contributed by atoms with Crippen LogP contribution in [0.25, 0.3) is 0 Å². The maximum atomic E-state index is 12.9. The quantitative estimate of drug-likeness (QED) is 0.276. The Bertz CT molecular complexity index is 1220. The normalized spacial score (nSPS) is 12.4. The van der Waals surface area contributed by atoms with Gasteiger partial charge in [0.25, 0.3) is 0 Å². The summed E-state index contributed by atoms with van der Waals surface area (Å²) in [6.07, 6.45) is 0. The van der Waals surface area contributed by atoms with Crippen LogP contribution in [0.4, 0.5) is 0 Å². The molecule has 0 spiro atoms. The van der Waals surface area contributed by atoms with E-state index < -0.39 is 16.2 Å². The third-order valence-corrected chi connectivity index (χ3v) is 6.32. The van der Waals surface area contributed by atoms with Crippen molar-refractivity contribution in [2.45, 2.75) is 81.9 Å². The zero-order valence-corrected chi connectivity index (χ0v) is 25.3. The Balaban J connectivity index is 1.96. The highest BCUT2D eigenvalue weighted by Crippen LogP contribution is 2.23. The van der Waals surface area contributed by atoms with Gasteiger partial charge in [0.1, 0.15) is 17.1 Å². The molecule has 0 bridgehead atoms. The fourth-order valence-corrected chi connectivity index (χ4v) is 4.09. The van der Waals surface area contributed by atoms with E-state index >= 15 is 0 Å². The van der Waals surface area contributed by atoms with Crippen molar-refractivity contribution in [3.05, 3.63) is 88.8 Å². The van der Waals surface area contributed by atoms with Crippen LogP contribution >= 0.6 is 0 Å². The lowest BCUT2D eigenvalue weighted by Gasteiger charge is -2.23. The highest BCUT2D eigenvalue weighted by Gasteiger charge is 2.27. The topological polar surface area (TPSA) is 93.1 Å². The van der Waals surface area contributed by atoms with Crippen LogP contribution in [0.5, 0.6) is 0 Å². The van der Waals surface area contributed by atoms with Crippen molar-refractivity contribution >= 4 is 17.3 Å². The number of aromatic nitrogens is 3. The second-order valence-electron chi connectivity index (χ2n) is 13.4. The molecule has 3 aromatic heterocycles. The third kappa shape index (κ3) is 8.21. The number of Topliss-reactive ketones (excluding diaryl/α,β-unsaturated/α-hetero) is 3. The van der Waals surface area contributed by atoms with E-state index in [0.29, 0.717) is 36.7 Å². The molecular weight excluding hydrogens is 500 g/mol. The van der Waals surface area contributed by atoms with Crippen LogP contribution in [0.1, 0.15) is 111 Å². The van der Waals surface area contributed by atoms with Gasteiger partial charge in [-0.1, -0.05) is 80.5 Å². The lowest BCUT2D eigenvalue weighted by molar-refractivity contribution is 0.0847. The van der Waals surface area contributed by atoms with Crippen molar-refractivity contribution < 1.29 is 14.4 Å². The summed E-state index contributed by atoms with van der Waals surface area (Å²) in [4.78, 5) is 54.8. The average Bonchev–Trinajstić information content (AvgIpc) is 2.86. The average molecular weight is 543 g/mol. The van der Waals surface area contributed by atoms with E-state index in [1.807, 2.05) is 98.7 Å². The Labute approximate surface area is 238 Å². The van der Waals surface area contributed by atoms with E-state index in [2.05, 4.69) is 19.9 Å². The maximum Gasteiger partial charge on any atom is 0.186 e. The van der Waals surface area contributed by atoms with Gasteiger partial charge < -0.3 is 0 Å². The summed E-state index contributed by atoms with van der Waals surface area (Å²) >= 11 is 0. The van der Waals surface area contributed by atoms with Gasteiger partial charge in [-0.15, -0.1) is 0 Å². The van der Waals surface area contributed by atoms with Crippen LogP contribution in [-0.2, 0) is 19.6 Å². The minimum absolute atomic E-state index is 0.0222. The van der Waals surface area contributed by atoms with E-state index in [9.17, 15) is 14.4 Å². The SMILES string of the molecule is CC(C)(C)C(=O)c1cccc(CN(Cc2cccc(C(=O)C(C)(C)C)n2)Cc2cccc(C(=O)C(C)(C)C)n2)n1. The second kappa shape index (κ2) is 11.9. The zero-order valence-electron chi connectivity index (χ0n) is 25.3. The van der Waals surface area contributed by atoms with Gasteiger partial charge in [-0.2, -0.15) is 0 Å². The molecule has 0 radical (unpaired) electrons. The first kappa shape index (κ1) is 31.0. The molecule has 0 unspecified atom stereocenters. The molecule has 3 aromatic rings. The Morgan fingerprint density at radius 3 is 0.975 bits per heavy atom. The van der Waals surface area contributed by atoms with E-state index in [1.165, 1.54) is 0 Å². The summed E-state index contributed by atoms with van der Waals surface area (Å²) in [5.74, 6) is -0.0666. The van der Waals surface area contributed by atoms with E-state index in [-0.39, 0.29) is 17.3 Å². The van der Waals surface area contributed by atoms with Crippen molar-refractivity contribution in [1.82, 2.24) is 19.9 Å². The molecule has 0 saturated carbocycles. The molecule has 0 aliphatic carbocycles. The summed E-state index contributed by atoms with van der Waals surface area (Å²) < 4.78 is 0. The Morgan fingerprint density at radius 1 is 0.500 bits per heavy atom. The van der Waals surface area contributed by atoms with Crippen LogP contribution in [0.3, 0.4) is 0 Å². The molecule has 3 rings (SSSR count). The standard InChI is InChI=1S/C33H42N4O3/c1-31(2,3)28(38)25-16-10-13-22(34-25)19-37(20-23-14-11-17-26(35-23)29(39)32(4,5)6)21-24-15-12-18-27(36-24)30(40)33(7,8)9/h10-18H,19-21H2,1-9H3. The highest BCUT2D eigenvalue weighted by atomic mass is 16.1. The number of ketones is 3. The van der Waals surface area contributed by atoms with Crippen molar-refractivity contribution in [3.63, 3.8) is 0 Å². The number of hydrogen-bond acceptors (Lipinski definition) is 7. The second-order valence-corrected chi connectivity index (χ2v) is 13.4. The summed E-state index contributed by atoms with van der Waals surface area (Å²) in [5.41, 5.74) is 1.86. The molecule has 0 atom stereocenters. The molecule has 0 saturated heterocycles. The first-order valence-electron chi connectivity index (χ1n) is 13.7. The minimum atomic E-state index is -0.542. The summed E-state index contributed by atoms with van der Waals surface area (Å²) in [6.45, 7) is 18.2. The van der Waals surface area contributed by atoms with Crippen LogP contribution in [0, 0.1) is 16.2 Å². The lowest BCUT2D eigenvalue weighted by Crippen LogP contribution is -2.27. The molecule has 0 amide bonds. The van der Waals surface area contributed by atoms with E-state index in [1.54, 1.807) is 18.2 Å². The Morgan fingerprint density at radius 2 is 0.750 bits per heavy atom. The largest absolute Gasteiger partial charge is 0.292 e. The predicted molar refractivity (Wildman–Crippen MR) is 157 cm³/mol. The molecule has 7 nitrogen and oxygen atoms in total. The summed E-state index contributed by atoms with van der Waals surface area (Å²) in [6, 6.07) is 16.5. The fraction of sp³-hybridized carbons (Fsp3) is 0.455. The Kier molecular flexibility index (Phi) is 9.20. The van der Waals surface area contributed by atoms with Crippen molar-refractivity contribution in [3.8, 4) is 0 Å². The van der Waals surface area contributed by atoms with Crippen LogP contribution < -0.4 is 0 Å². The molecule has 7 heteroatoms. The van der Waals surface area contributed by atoms with Gasteiger partial charge in [0.15, 0.2) is 17.3 Å². The van der Waals surface area contributed by atoms with Gasteiger partial charge in [-0.25, -0.2) is 15.0 Å². The third-order valence-electron chi connectivity index (χ3n) is 6.32. The molecule has 40 heavy (non-hydrogen) atoms. The van der Waals surface area contributed by atoms with Gasteiger partial charge in [0.05, 0.1) is 17.1 Å². The first-order chi connectivity index (χ1) is 18.4. The molecule has 0 N–H and O–H groups in total. The first-order valence-corrected chi connectivity index (χ1v) is 13.7. The number of carbonyl (C=O) groups excluding carboxylic acids is 3. The van der Waals surface area contributed by atoms with Gasteiger partial charge in [-0.05, 0) is 36.4 Å². The lowest BCUT2D eigenvalue weighted by atomic mass is 9.88. The number of hydrogen-bond donors (Lipinski definition) is 0. The van der Waals surface area contributed by atoms with Gasteiger partial charge in [0.2, 0.25) is 0 Å². The maximum absolute atomic E-state index is 12.9. The van der Waals surface area contributed by atoms with Crippen LogP contribution in [0.2, 0.25) is 0 Å².